The molecule has 0 atom stereocenters. The zero-order valence-corrected chi connectivity index (χ0v) is 16.4. The zero-order valence-electron chi connectivity index (χ0n) is 16.4. The topological polar surface area (TPSA) is 31.4 Å². The highest BCUT2D eigenvalue weighted by Crippen LogP contribution is 2.12. The first-order valence-corrected chi connectivity index (χ1v) is 10.5. The number of hydrogen-bond acceptors (Lipinski definition) is 3. The number of aromatic nitrogens is 1. The van der Waals surface area contributed by atoms with Crippen LogP contribution in [0.4, 0.5) is 0 Å². The van der Waals surface area contributed by atoms with Crippen molar-refractivity contribution in [2.45, 2.75) is 84.0 Å². The summed E-state index contributed by atoms with van der Waals surface area (Å²) in [4.78, 5) is 4.17. The zero-order chi connectivity index (χ0) is 17.8. The number of rotatable bonds is 18. The molecule has 1 heterocycles. The van der Waals surface area contributed by atoms with Crippen LogP contribution < -0.4 is 0 Å². The molecule has 1 rings (SSSR count). The van der Waals surface area contributed by atoms with Crippen molar-refractivity contribution in [3.05, 3.63) is 30.1 Å². The Hall–Kier alpha value is -0.930. The van der Waals surface area contributed by atoms with Crippen LogP contribution in [0.5, 0.6) is 0 Å². The smallest absolute Gasteiger partial charge is 0.0700 e. The fourth-order valence-corrected chi connectivity index (χ4v) is 3.03. The van der Waals surface area contributed by atoms with Crippen LogP contribution in [0.1, 0.15) is 83.1 Å². The number of aryl methyl sites for hydroxylation is 1. The lowest BCUT2D eigenvalue weighted by atomic mass is 10.0. The third kappa shape index (κ3) is 15.1. The highest BCUT2D eigenvalue weighted by Gasteiger charge is 1.95. The molecule has 0 saturated carbocycles. The first-order chi connectivity index (χ1) is 12.4. The molecule has 0 aliphatic carbocycles. The van der Waals surface area contributed by atoms with Gasteiger partial charge in [-0.15, -0.1) is 0 Å². The molecule has 144 valence electrons. The second kappa shape index (κ2) is 17.9. The van der Waals surface area contributed by atoms with E-state index in [0.717, 1.165) is 26.4 Å². The predicted octanol–water partition coefficient (Wildman–Crippen LogP) is 5.97. The van der Waals surface area contributed by atoms with Crippen molar-refractivity contribution in [1.82, 2.24) is 4.98 Å². The summed E-state index contributed by atoms with van der Waals surface area (Å²) in [5.74, 6) is 0. The summed E-state index contributed by atoms with van der Waals surface area (Å²) in [6.45, 7) is 5.18. The van der Waals surface area contributed by atoms with Crippen molar-refractivity contribution in [2.24, 2.45) is 0 Å². The average molecular weight is 350 g/mol. The molecule has 0 radical (unpaired) electrons. The van der Waals surface area contributed by atoms with Gasteiger partial charge >= 0.3 is 0 Å². The molecule has 0 amide bonds. The van der Waals surface area contributed by atoms with Crippen molar-refractivity contribution in [3.8, 4) is 0 Å². The van der Waals surface area contributed by atoms with Gasteiger partial charge in [0.25, 0.3) is 0 Å². The summed E-state index contributed by atoms with van der Waals surface area (Å²) in [5, 5.41) is 0. The monoisotopic (exact) mass is 349 g/mol. The number of ether oxygens (including phenoxy) is 2. The summed E-state index contributed by atoms with van der Waals surface area (Å²) in [6, 6.07) is 4.21. The van der Waals surface area contributed by atoms with Gasteiger partial charge < -0.3 is 9.47 Å². The molecule has 3 heteroatoms. The van der Waals surface area contributed by atoms with E-state index in [0.29, 0.717) is 0 Å². The molecule has 0 aromatic carbocycles. The van der Waals surface area contributed by atoms with Gasteiger partial charge in [0.15, 0.2) is 0 Å². The van der Waals surface area contributed by atoms with Gasteiger partial charge in [-0.2, -0.15) is 0 Å². The van der Waals surface area contributed by atoms with Crippen molar-refractivity contribution in [1.29, 1.82) is 0 Å². The maximum absolute atomic E-state index is 5.53. The Morgan fingerprint density at radius 1 is 0.720 bits per heavy atom. The van der Waals surface area contributed by atoms with Gasteiger partial charge in [0.05, 0.1) is 13.2 Å². The Bertz CT molecular complexity index is 370. The van der Waals surface area contributed by atoms with E-state index in [9.17, 15) is 0 Å². The van der Waals surface area contributed by atoms with Crippen LogP contribution in [0.25, 0.3) is 0 Å². The van der Waals surface area contributed by atoms with Gasteiger partial charge in [0.2, 0.25) is 0 Å². The lowest BCUT2D eigenvalue weighted by molar-refractivity contribution is 0.0512. The third-order valence-corrected chi connectivity index (χ3v) is 4.55. The predicted molar refractivity (Wildman–Crippen MR) is 106 cm³/mol. The Balaban J connectivity index is 1.69. The van der Waals surface area contributed by atoms with Crippen LogP contribution in [-0.2, 0) is 15.9 Å². The van der Waals surface area contributed by atoms with Crippen LogP contribution in [-0.4, -0.2) is 31.4 Å². The van der Waals surface area contributed by atoms with Crippen LogP contribution in [0.3, 0.4) is 0 Å². The Morgan fingerprint density at radius 2 is 1.32 bits per heavy atom. The van der Waals surface area contributed by atoms with Crippen LogP contribution in [0, 0.1) is 0 Å². The van der Waals surface area contributed by atoms with Gasteiger partial charge in [-0.3, -0.25) is 4.98 Å². The van der Waals surface area contributed by atoms with E-state index >= 15 is 0 Å². The molecular formula is C22H39NO2. The average Bonchev–Trinajstić information content (AvgIpc) is 2.65. The van der Waals surface area contributed by atoms with E-state index in [4.69, 9.17) is 9.47 Å². The Labute approximate surface area is 155 Å². The Kier molecular flexibility index (Phi) is 15.8. The summed E-state index contributed by atoms with van der Waals surface area (Å²) in [5.41, 5.74) is 1.38. The van der Waals surface area contributed by atoms with E-state index < -0.39 is 0 Å². The van der Waals surface area contributed by atoms with Crippen LogP contribution in [0.15, 0.2) is 24.5 Å². The van der Waals surface area contributed by atoms with Crippen molar-refractivity contribution in [3.63, 3.8) is 0 Å². The first-order valence-electron chi connectivity index (χ1n) is 10.5. The van der Waals surface area contributed by atoms with Crippen LogP contribution >= 0.6 is 0 Å². The van der Waals surface area contributed by atoms with E-state index in [1.165, 1.54) is 82.6 Å². The summed E-state index contributed by atoms with van der Waals surface area (Å²) in [6.07, 6.45) is 20.0. The molecule has 0 N–H and O–H groups in total. The largest absolute Gasteiger partial charge is 0.379 e. The van der Waals surface area contributed by atoms with E-state index in [1.807, 2.05) is 25.4 Å². The standard InChI is InChI=1S/C22H39NO2/c1-2-24-19-20-25-18-13-11-9-7-5-3-4-6-8-10-12-15-22-16-14-17-23-21-22/h14,16-17,21H,2-13,15,18-20H2,1H3. The summed E-state index contributed by atoms with van der Waals surface area (Å²) < 4.78 is 10.8. The minimum absolute atomic E-state index is 0.736. The number of hydrogen-bond donors (Lipinski definition) is 0. The number of unbranched alkanes of at least 4 members (excludes halogenated alkanes) is 10. The molecule has 0 unspecified atom stereocenters. The summed E-state index contributed by atoms with van der Waals surface area (Å²) >= 11 is 0. The molecule has 0 bridgehead atoms. The fourth-order valence-electron chi connectivity index (χ4n) is 3.03. The van der Waals surface area contributed by atoms with Crippen molar-refractivity contribution < 1.29 is 9.47 Å². The molecule has 0 spiro atoms. The quantitative estimate of drug-likeness (QED) is 0.306. The Morgan fingerprint density at radius 3 is 1.92 bits per heavy atom. The minimum Gasteiger partial charge on any atom is -0.379 e. The molecule has 0 saturated heterocycles. The normalized spacial score (nSPS) is 11.1. The molecule has 0 aliphatic heterocycles. The number of pyridine rings is 1. The van der Waals surface area contributed by atoms with Crippen molar-refractivity contribution in [2.75, 3.05) is 26.4 Å². The highest BCUT2D eigenvalue weighted by atomic mass is 16.5. The molecular weight excluding hydrogens is 310 g/mol. The molecule has 0 fully saturated rings. The van der Waals surface area contributed by atoms with Gasteiger partial charge in [0, 0.05) is 25.6 Å². The van der Waals surface area contributed by atoms with Gasteiger partial charge in [0.1, 0.15) is 0 Å². The third-order valence-electron chi connectivity index (χ3n) is 4.55. The SMILES string of the molecule is CCOCCOCCCCCCCCCCCCCc1cccnc1. The molecule has 1 aromatic heterocycles. The van der Waals surface area contributed by atoms with Crippen molar-refractivity contribution >= 4 is 0 Å². The second-order valence-electron chi connectivity index (χ2n) is 6.81. The number of nitrogens with zero attached hydrogens (tertiary/aromatic N) is 1. The maximum atomic E-state index is 5.53. The summed E-state index contributed by atoms with van der Waals surface area (Å²) in [7, 11) is 0. The highest BCUT2D eigenvalue weighted by molar-refractivity contribution is 5.08. The lowest BCUT2D eigenvalue weighted by Gasteiger charge is -2.05. The lowest BCUT2D eigenvalue weighted by Crippen LogP contribution is -2.04. The van der Waals surface area contributed by atoms with E-state index in [-0.39, 0.29) is 0 Å². The molecule has 25 heavy (non-hydrogen) atoms. The second-order valence-corrected chi connectivity index (χ2v) is 6.81. The van der Waals surface area contributed by atoms with E-state index in [2.05, 4.69) is 11.1 Å². The van der Waals surface area contributed by atoms with Gasteiger partial charge in [-0.1, -0.05) is 63.9 Å². The minimum atomic E-state index is 0.736. The molecule has 1 aromatic rings. The molecule has 3 nitrogen and oxygen atoms in total. The van der Waals surface area contributed by atoms with Crippen LogP contribution in [0.2, 0.25) is 0 Å². The first kappa shape index (κ1) is 22.1. The van der Waals surface area contributed by atoms with Gasteiger partial charge in [-0.25, -0.2) is 0 Å². The maximum Gasteiger partial charge on any atom is 0.0700 e. The van der Waals surface area contributed by atoms with Gasteiger partial charge in [-0.05, 0) is 37.8 Å². The molecule has 0 aliphatic rings. The van der Waals surface area contributed by atoms with E-state index in [1.54, 1.807) is 0 Å². The fraction of sp³-hybridized carbons (Fsp3) is 0.773.